The second-order valence-corrected chi connectivity index (χ2v) is 12.0. The van der Waals surface area contributed by atoms with Gasteiger partial charge in [0.05, 0.1) is 6.61 Å². The summed E-state index contributed by atoms with van der Waals surface area (Å²) in [5.74, 6) is -0.913. The van der Waals surface area contributed by atoms with Crippen LogP contribution in [0, 0.1) is 0 Å². The van der Waals surface area contributed by atoms with E-state index in [4.69, 9.17) is 19.3 Å². The average Bonchev–Trinajstić information content (AvgIpc) is 2.91. The van der Waals surface area contributed by atoms with Crippen LogP contribution in [0.1, 0.15) is 155 Å². The average molecular weight is 591 g/mol. The minimum atomic E-state index is -4.72. The molecule has 0 aromatic heterocycles. The zero-order valence-corrected chi connectivity index (χ0v) is 26.4. The Morgan fingerprint density at radius 2 is 1.05 bits per heavy atom. The van der Waals surface area contributed by atoms with E-state index in [1.807, 2.05) is 6.92 Å². The third-order valence-electron chi connectivity index (χ3n) is 6.78. The van der Waals surface area contributed by atoms with Crippen LogP contribution < -0.4 is 0 Å². The lowest BCUT2D eigenvalue weighted by atomic mass is 10.1. The summed E-state index contributed by atoms with van der Waals surface area (Å²) < 4.78 is 25.9. The van der Waals surface area contributed by atoms with Crippen molar-refractivity contribution >= 4 is 19.8 Å². The van der Waals surface area contributed by atoms with E-state index >= 15 is 0 Å². The molecule has 0 heterocycles. The lowest BCUT2D eigenvalue weighted by molar-refractivity contribution is -0.161. The monoisotopic (exact) mass is 590 g/mol. The van der Waals surface area contributed by atoms with Gasteiger partial charge in [0, 0.05) is 12.8 Å². The minimum absolute atomic E-state index is 0.212. The van der Waals surface area contributed by atoms with Crippen LogP contribution in [0.3, 0.4) is 0 Å². The first kappa shape index (κ1) is 38.8. The van der Waals surface area contributed by atoms with Gasteiger partial charge in [0.15, 0.2) is 6.10 Å². The van der Waals surface area contributed by atoms with Crippen molar-refractivity contribution in [2.75, 3.05) is 13.2 Å². The van der Waals surface area contributed by atoms with Crippen LogP contribution in [0.15, 0.2) is 12.2 Å². The van der Waals surface area contributed by atoms with Crippen LogP contribution in [-0.2, 0) is 28.2 Å². The molecule has 2 N–H and O–H groups in total. The highest BCUT2D eigenvalue weighted by Crippen LogP contribution is 2.35. The molecule has 0 aromatic carbocycles. The van der Waals surface area contributed by atoms with E-state index in [9.17, 15) is 14.2 Å². The molecule has 0 aromatic rings. The van der Waals surface area contributed by atoms with Crippen molar-refractivity contribution in [2.45, 2.75) is 161 Å². The molecule has 1 unspecified atom stereocenters. The predicted molar refractivity (Wildman–Crippen MR) is 161 cm³/mol. The molecule has 0 saturated heterocycles. The fourth-order valence-corrected chi connectivity index (χ4v) is 4.73. The third kappa shape index (κ3) is 29.8. The van der Waals surface area contributed by atoms with Gasteiger partial charge in [-0.05, 0) is 38.5 Å². The van der Waals surface area contributed by atoms with E-state index in [0.717, 1.165) is 32.1 Å². The van der Waals surface area contributed by atoms with Gasteiger partial charge < -0.3 is 19.3 Å². The number of carbonyl (C=O) groups is 2. The van der Waals surface area contributed by atoms with Gasteiger partial charge in [0.2, 0.25) is 0 Å². The van der Waals surface area contributed by atoms with E-state index < -0.39 is 32.5 Å². The van der Waals surface area contributed by atoms with Crippen LogP contribution in [0.5, 0.6) is 0 Å². The Balaban J connectivity index is 3.79. The molecule has 0 amide bonds. The molecule has 9 heteroatoms. The second-order valence-electron chi connectivity index (χ2n) is 10.8. The fourth-order valence-electron chi connectivity index (χ4n) is 4.37. The number of rotatable bonds is 29. The molecule has 0 radical (unpaired) electrons. The van der Waals surface area contributed by atoms with Gasteiger partial charge in [-0.1, -0.05) is 116 Å². The van der Waals surface area contributed by atoms with E-state index in [-0.39, 0.29) is 19.4 Å². The Labute approximate surface area is 244 Å². The molecule has 0 saturated carbocycles. The van der Waals surface area contributed by atoms with E-state index in [1.54, 1.807) is 0 Å². The van der Waals surface area contributed by atoms with Crippen molar-refractivity contribution in [3.05, 3.63) is 12.2 Å². The number of hydrogen-bond acceptors (Lipinski definition) is 6. The largest absolute Gasteiger partial charge is 0.469 e. The molecule has 236 valence electrons. The molecule has 0 aliphatic heterocycles. The van der Waals surface area contributed by atoms with Crippen LogP contribution >= 0.6 is 7.82 Å². The summed E-state index contributed by atoms with van der Waals surface area (Å²) in [5, 5.41) is 0. The highest BCUT2D eigenvalue weighted by Gasteiger charge is 2.22. The van der Waals surface area contributed by atoms with Gasteiger partial charge in [-0.2, -0.15) is 0 Å². The maximum Gasteiger partial charge on any atom is 0.469 e. The van der Waals surface area contributed by atoms with Crippen molar-refractivity contribution < 1.29 is 37.9 Å². The quantitative estimate of drug-likeness (QED) is 0.0384. The Kier molecular flexibility index (Phi) is 27.1. The first-order chi connectivity index (χ1) is 19.3. The number of esters is 2. The zero-order valence-electron chi connectivity index (χ0n) is 25.5. The topological polar surface area (TPSA) is 119 Å². The van der Waals surface area contributed by atoms with Crippen molar-refractivity contribution in [2.24, 2.45) is 0 Å². The SMILES string of the molecule is CCCCCCCC/C=C\CCCCCCCCCCCC(=O)OC(COC(=O)CCCCC)COP(=O)(O)O. The van der Waals surface area contributed by atoms with Gasteiger partial charge in [0.1, 0.15) is 6.61 Å². The summed E-state index contributed by atoms with van der Waals surface area (Å²) in [5.41, 5.74) is 0. The van der Waals surface area contributed by atoms with E-state index in [1.165, 1.54) is 83.5 Å². The molecule has 0 aliphatic rings. The highest BCUT2D eigenvalue weighted by atomic mass is 31.2. The highest BCUT2D eigenvalue weighted by molar-refractivity contribution is 7.46. The van der Waals surface area contributed by atoms with Crippen LogP contribution in [0.2, 0.25) is 0 Å². The molecular formula is C31H59O8P. The standard InChI is InChI=1S/C31H59O8P/c1-3-5-7-8-9-10-11-12-13-14-15-16-17-18-19-20-21-22-24-26-31(33)39-29(28-38-40(34,35)36)27-37-30(32)25-23-6-4-2/h12-13,29H,3-11,14-28H2,1-2H3,(H2,34,35,36)/b13-12-. The fraction of sp³-hybridized carbons (Fsp3) is 0.871. The lowest BCUT2D eigenvalue weighted by Crippen LogP contribution is -2.29. The molecule has 0 fully saturated rings. The summed E-state index contributed by atoms with van der Waals surface area (Å²) >= 11 is 0. The number of phosphoric acid groups is 1. The van der Waals surface area contributed by atoms with Crippen molar-refractivity contribution in [3.63, 3.8) is 0 Å². The molecular weight excluding hydrogens is 531 g/mol. The number of hydrogen-bond donors (Lipinski definition) is 2. The predicted octanol–water partition coefficient (Wildman–Crippen LogP) is 8.73. The molecule has 0 rings (SSSR count). The van der Waals surface area contributed by atoms with Gasteiger partial charge in [-0.25, -0.2) is 4.57 Å². The number of carbonyl (C=O) groups excluding carboxylic acids is 2. The number of unbranched alkanes of at least 4 members (excludes halogenated alkanes) is 17. The van der Waals surface area contributed by atoms with Gasteiger partial charge >= 0.3 is 19.8 Å². The molecule has 0 spiro atoms. The summed E-state index contributed by atoms with van der Waals surface area (Å²) in [6.07, 6.45) is 27.4. The molecule has 1 atom stereocenters. The molecule has 8 nitrogen and oxygen atoms in total. The maximum atomic E-state index is 12.2. The van der Waals surface area contributed by atoms with E-state index in [0.29, 0.717) is 12.8 Å². The summed E-state index contributed by atoms with van der Waals surface area (Å²) in [7, 11) is -4.72. The second kappa shape index (κ2) is 27.9. The summed E-state index contributed by atoms with van der Waals surface area (Å²) in [6, 6.07) is 0. The van der Waals surface area contributed by atoms with Crippen LogP contribution in [-0.4, -0.2) is 41.0 Å². The van der Waals surface area contributed by atoms with Crippen LogP contribution in [0.25, 0.3) is 0 Å². The first-order valence-corrected chi connectivity index (χ1v) is 17.5. The Morgan fingerprint density at radius 3 is 1.57 bits per heavy atom. The summed E-state index contributed by atoms with van der Waals surface area (Å²) in [6.45, 7) is 3.46. The lowest BCUT2D eigenvalue weighted by Gasteiger charge is -2.18. The number of allylic oxidation sites excluding steroid dienone is 2. The first-order valence-electron chi connectivity index (χ1n) is 16.0. The van der Waals surface area contributed by atoms with Gasteiger partial charge in [0.25, 0.3) is 0 Å². The number of ether oxygens (including phenoxy) is 2. The van der Waals surface area contributed by atoms with Gasteiger partial charge in [-0.15, -0.1) is 0 Å². The van der Waals surface area contributed by atoms with Crippen molar-refractivity contribution in [1.29, 1.82) is 0 Å². The molecule has 0 bridgehead atoms. The Bertz CT molecular complexity index is 676. The Hall–Kier alpha value is -1.21. The molecule has 40 heavy (non-hydrogen) atoms. The van der Waals surface area contributed by atoms with Crippen molar-refractivity contribution in [3.8, 4) is 0 Å². The number of phosphoric ester groups is 1. The maximum absolute atomic E-state index is 12.2. The normalized spacial score (nSPS) is 12.6. The molecule has 0 aliphatic carbocycles. The minimum Gasteiger partial charge on any atom is -0.462 e. The summed E-state index contributed by atoms with van der Waals surface area (Å²) in [4.78, 5) is 41.9. The van der Waals surface area contributed by atoms with Crippen LogP contribution in [0.4, 0.5) is 0 Å². The van der Waals surface area contributed by atoms with Gasteiger partial charge in [-0.3, -0.25) is 14.1 Å². The zero-order chi connectivity index (χ0) is 29.7. The third-order valence-corrected chi connectivity index (χ3v) is 7.27. The smallest absolute Gasteiger partial charge is 0.462 e. The Morgan fingerprint density at radius 1 is 0.625 bits per heavy atom. The van der Waals surface area contributed by atoms with Crippen molar-refractivity contribution in [1.82, 2.24) is 0 Å². The van der Waals surface area contributed by atoms with E-state index in [2.05, 4.69) is 23.6 Å².